The molecule has 0 radical (unpaired) electrons. The van der Waals surface area contributed by atoms with Crippen molar-refractivity contribution < 1.29 is 23.4 Å². The van der Waals surface area contributed by atoms with Crippen LogP contribution in [0.25, 0.3) is 6.08 Å². The van der Waals surface area contributed by atoms with Crippen molar-refractivity contribution in [1.29, 1.82) is 0 Å². The van der Waals surface area contributed by atoms with E-state index in [-0.39, 0.29) is 23.7 Å². The van der Waals surface area contributed by atoms with E-state index in [4.69, 9.17) is 0 Å². The van der Waals surface area contributed by atoms with Crippen molar-refractivity contribution in [3.05, 3.63) is 35.9 Å². The van der Waals surface area contributed by atoms with E-state index < -0.39 is 6.61 Å². The quantitative estimate of drug-likeness (QED) is 0.847. The van der Waals surface area contributed by atoms with Crippen molar-refractivity contribution in [2.75, 3.05) is 13.1 Å². The Labute approximate surface area is 134 Å². The third-order valence-electron chi connectivity index (χ3n) is 4.07. The summed E-state index contributed by atoms with van der Waals surface area (Å²) in [5, 5.41) is 9.56. The molecule has 0 spiro atoms. The van der Waals surface area contributed by atoms with Gasteiger partial charge >= 0.3 is 6.61 Å². The van der Waals surface area contributed by atoms with Crippen LogP contribution in [0.1, 0.15) is 25.3 Å². The van der Waals surface area contributed by atoms with Crippen LogP contribution in [0.15, 0.2) is 30.3 Å². The van der Waals surface area contributed by atoms with Crippen LogP contribution in [0.5, 0.6) is 5.75 Å². The number of rotatable bonds is 5. The molecule has 1 aromatic carbocycles. The number of alkyl halides is 2. The van der Waals surface area contributed by atoms with Gasteiger partial charge in [0.2, 0.25) is 5.91 Å². The highest BCUT2D eigenvalue weighted by molar-refractivity contribution is 5.92. The molecule has 1 unspecified atom stereocenters. The Bertz CT molecular complexity index is 553. The number of nitrogens with zero attached hydrogens (tertiary/aromatic N) is 1. The predicted octanol–water partition coefficient (Wildman–Crippen LogP) is 2.92. The zero-order chi connectivity index (χ0) is 16.8. The molecule has 6 heteroatoms. The number of halogens is 2. The van der Waals surface area contributed by atoms with E-state index >= 15 is 0 Å². The van der Waals surface area contributed by atoms with Crippen LogP contribution in [0.4, 0.5) is 8.78 Å². The predicted molar refractivity (Wildman–Crippen MR) is 83.1 cm³/mol. The van der Waals surface area contributed by atoms with Crippen LogP contribution in [-0.2, 0) is 4.79 Å². The van der Waals surface area contributed by atoms with Crippen LogP contribution in [-0.4, -0.2) is 41.7 Å². The lowest BCUT2D eigenvalue weighted by Gasteiger charge is -2.32. The van der Waals surface area contributed by atoms with Crippen molar-refractivity contribution >= 4 is 12.0 Å². The lowest BCUT2D eigenvalue weighted by atomic mass is 9.92. The molecule has 1 fully saturated rings. The number of benzene rings is 1. The fourth-order valence-corrected chi connectivity index (χ4v) is 2.69. The molecule has 4 nitrogen and oxygen atoms in total. The third kappa shape index (κ3) is 5.03. The maximum absolute atomic E-state index is 12.4. The highest BCUT2D eigenvalue weighted by Crippen LogP contribution is 2.23. The Morgan fingerprint density at radius 1 is 1.35 bits per heavy atom. The Hall–Kier alpha value is -1.95. The Balaban J connectivity index is 1.97. The van der Waals surface area contributed by atoms with Crippen LogP contribution in [0.2, 0.25) is 0 Å². The standard InChI is InChI=1S/C17H21F2NO3/c1-12(21)13-8-10-20(11-9-13)16(22)7-6-14-4-2-3-5-15(14)23-17(18)19/h2-7,12-13,17,21H,8-11H2,1H3. The molecule has 0 saturated carbocycles. The van der Waals surface area contributed by atoms with Crippen molar-refractivity contribution in [3.63, 3.8) is 0 Å². The fourth-order valence-electron chi connectivity index (χ4n) is 2.69. The zero-order valence-electron chi connectivity index (χ0n) is 13.0. The first-order chi connectivity index (χ1) is 11.0. The summed E-state index contributed by atoms with van der Waals surface area (Å²) in [5.74, 6) is 0.100. The summed E-state index contributed by atoms with van der Waals surface area (Å²) in [6.07, 6.45) is 4.03. The molecule has 1 amide bonds. The third-order valence-corrected chi connectivity index (χ3v) is 4.07. The molecular weight excluding hydrogens is 304 g/mol. The van der Waals surface area contributed by atoms with Gasteiger partial charge < -0.3 is 14.7 Å². The van der Waals surface area contributed by atoms with E-state index in [0.29, 0.717) is 18.7 Å². The Morgan fingerprint density at radius 3 is 2.61 bits per heavy atom. The summed E-state index contributed by atoms with van der Waals surface area (Å²) in [6, 6.07) is 6.33. The molecule has 0 aromatic heterocycles. The summed E-state index contributed by atoms with van der Waals surface area (Å²) < 4.78 is 29.1. The largest absolute Gasteiger partial charge is 0.434 e. The molecule has 0 aliphatic carbocycles. The normalized spacial score (nSPS) is 17.7. The number of aliphatic hydroxyl groups is 1. The molecule has 23 heavy (non-hydrogen) atoms. The maximum Gasteiger partial charge on any atom is 0.387 e. The number of amides is 1. The van der Waals surface area contributed by atoms with Crippen molar-refractivity contribution in [2.24, 2.45) is 5.92 Å². The molecule has 126 valence electrons. The van der Waals surface area contributed by atoms with E-state index in [2.05, 4.69) is 4.74 Å². The number of ether oxygens (including phenoxy) is 1. The number of aliphatic hydroxyl groups excluding tert-OH is 1. The van der Waals surface area contributed by atoms with Gasteiger partial charge in [0.05, 0.1) is 6.10 Å². The Kier molecular flexibility index (Phi) is 6.10. The molecule has 1 heterocycles. The molecule has 1 aromatic rings. The van der Waals surface area contributed by atoms with Crippen molar-refractivity contribution in [3.8, 4) is 5.75 Å². The fraction of sp³-hybridized carbons (Fsp3) is 0.471. The summed E-state index contributed by atoms with van der Waals surface area (Å²) in [7, 11) is 0. The van der Waals surface area contributed by atoms with Crippen LogP contribution >= 0.6 is 0 Å². The first kappa shape index (κ1) is 17.4. The maximum atomic E-state index is 12.4. The summed E-state index contributed by atoms with van der Waals surface area (Å²) in [6.45, 7) is 0.0452. The lowest BCUT2D eigenvalue weighted by Crippen LogP contribution is -2.39. The first-order valence-electron chi connectivity index (χ1n) is 7.66. The second-order valence-corrected chi connectivity index (χ2v) is 5.65. The van der Waals surface area contributed by atoms with E-state index in [1.165, 1.54) is 18.2 Å². The number of piperidine rings is 1. The van der Waals surface area contributed by atoms with Gasteiger partial charge in [0.15, 0.2) is 0 Å². The van der Waals surface area contributed by atoms with Gasteiger partial charge in [-0.15, -0.1) is 0 Å². The van der Waals surface area contributed by atoms with Crippen LogP contribution in [0, 0.1) is 5.92 Å². The lowest BCUT2D eigenvalue weighted by molar-refractivity contribution is -0.127. The second kappa shape index (κ2) is 8.06. The molecule has 1 aliphatic rings. The topological polar surface area (TPSA) is 49.8 Å². The minimum Gasteiger partial charge on any atom is -0.434 e. The number of likely N-dealkylation sites (tertiary alicyclic amines) is 1. The number of hydrogen-bond acceptors (Lipinski definition) is 3. The van der Waals surface area contributed by atoms with Gasteiger partial charge in [0.1, 0.15) is 5.75 Å². The van der Waals surface area contributed by atoms with E-state index in [0.717, 1.165) is 12.8 Å². The van der Waals surface area contributed by atoms with Crippen molar-refractivity contribution in [1.82, 2.24) is 4.90 Å². The highest BCUT2D eigenvalue weighted by Gasteiger charge is 2.24. The average molecular weight is 325 g/mol. The summed E-state index contributed by atoms with van der Waals surface area (Å²) >= 11 is 0. The van der Waals surface area contributed by atoms with E-state index in [1.807, 2.05) is 0 Å². The van der Waals surface area contributed by atoms with Gasteiger partial charge in [-0.05, 0) is 37.8 Å². The second-order valence-electron chi connectivity index (χ2n) is 5.65. The highest BCUT2D eigenvalue weighted by atomic mass is 19.3. The van der Waals surface area contributed by atoms with Crippen molar-refractivity contribution in [2.45, 2.75) is 32.5 Å². The van der Waals surface area contributed by atoms with Gasteiger partial charge in [-0.1, -0.05) is 18.2 Å². The zero-order valence-corrected chi connectivity index (χ0v) is 13.0. The first-order valence-corrected chi connectivity index (χ1v) is 7.66. The van der Waals surface area contributed by atoms with Gasteiger partial charge in [0, 0.05) is 24.7 Å². The summed E-state index contributed by atoms with van der Waals surface area (Å²) in [5.41, 5.74) is 0.431. The SMILES string of the molecule is CC(O)C1CCN(C(=O)C=Cc2ccccc2OC(F)F)CC1. The van der Waals surface area contributed by atoms with Gasteiger partial charge in [0.25, 0.3) is 0 Å². The number of hydrogen-bond donors (Lipinski definition) is 1. The average Bonchev–Trinajstić information content (AvgIpc) is 2.53. The number of para-hydroxylation sites is 1. The number of carbonyl (C=O) groups excluding carboxylic acids is 1. The molecule has 1 saturated heterocycles. The van der Waals surface area contributed by atoms with Gasteiger partial charge in [-0.3, -0.25) is 4.79 Å². The Morgan fingerprint density at radius 2 is 2.00 bits per heavy atom. The van der Waals surface area contributed by atoms with Crippen LogP contribution < -0.4 is 4.74 Å². The smallest absolute Gasteiger partial charge is 0.387 e. The molecule has 0 bridgehead atoms. The molecule has 1 N–H and O–H groups in total. The molecular formula is C17H21F2NO3. The monoisotopic (exact) mass is 325 g/mol. The number of carbonyl (C=O) groups is 1. The van der Waals surface area contributed by atoms with Crippen LogP contribution in [0.3, 0.4) is 0 Å². The molecule has 1 atom stereocenters. The van der Waals surface area contributed by atoms with Gasteiger partial charge in [-0.25, -0.2) is 0 Å². The summed E-state index contributed by atoms with van der Waals surface area (Å²) in [4.78, 5) is 13.9. The molecule has 2 rings (SSSR count). The minimum absolute atomic E-state index is 0.0411. The van der Waals surface area contributed by atoms with Gasteiger partial charge in [-0.2, -0.15) is 8.78 Å². The minimum atomic E-state index is -2.90. The van der Waals surface area contributed by atoms with E-state index in [9.17, 15) is 18.7 Å². The molecule has 1 aliphatic heterocycles. The van der Waals surface area contributed by atoms with E-state index in [1.54, 1.807) is 30.0 Å².